The lowest BCUT2D eigenvalue weighted by molar-refractivity contribution is -0.142. The Morgan fingerprint density at radius 3 is 2.86 bits per heavy atom. The highest BCUT2D eigenvalue weighted by atomic mass is 16.6. The fourth-order valence-corrected chi connectivity index (χ4v) is 5.69. The molecule has 124 valence electrons. The summed E-state index contributed by atoms with van der Waals surface area (Å²) < 4.78 is 5.57. The van der Waals surface area contributed by atoms with E-state index in [2.05, 4.69) is 39.8 Å². The molecule has 0 spiro atoms. The first-order chi connectivity index (χ1) is 10.4. The van der Waals surface area contributed by atoms with Crippen molar-refractivity contribution in [2.75, 3.05) is 6.61 Å². The Morgan fingerprint density at radius 1 is 1.36 bits per heavy atom. The van der Waals surface area contributed by atoms with Crippen molar-refractivity contribution in [3.05, 3.63) is 23.3 Å². The molecule has 0 aromatic carbocycles. The van der Waals surface area contributed by atoms with Crippen LogP contribution in [-0.4, -0.2) is 18.0 Å². The number of allylic oxidation sites excluding steroid dienone is 3. The first-order valence-corrected chi connectivity index (χ1v) is 8.99. The van der Waals surface area contributed by atoms with Crippen molar-refractivity contribution in [1.82, 2.24) is 0 Å². The van der Waals surface area contributed by atoms with E-state index in [-0.39, 0.29) is 11.3 Å². The van der Waals surface area contributed by atoms with E-state index in [1.54, 1.807) is 0 Å². The molecule has 2 fully saturated rings. The van der Waals surface area contributed by atoms with Gasteiger partial charge in [0, 0.05) is 5.92 Å². The maximum Gasteiger partial charge on any atom is 0.162 e. The molecule has 0 aromatic rings. The highest BCUT2D eigenvalue weighted by Crippen LogP contribution is 2.62. The molecule has 3 aliphatic rings. The van der Waals surface area contributed by atoms with Crippen LogP contribution in [0.25, 0.3) is 0 Å². The first kappa shape index (κ1) is 16.3. The average molecular weight is 304 g/mol. The van der Waals surface area contributed by atoms with E-state index >= 15 is 0 Å². The standard InChI is InChI=1S/C20H32O2/c1-14(2)7-5-10-19(3)11-6-12-20(4)16(19)9-8-15-13-22-18(21)17(15)20/h7-8,16-18,21H,5-6,9-13H2,1-4H3. The molecule has 1 N–H and O–H groups in total. The number of hydrogen-bond donors (Lipinski definition) is 1. The summed E-state index contributed by atoms with van der Waals surface area (Å²) >= 11 is 0. The van der Waals surface area contributed by atoms with E-state index < -0.39 is 6.29 Å². The van der Waals surface area contributed by atoms with Crippen molar-refractivity contribution >= 4 is 0 Å². The number of hydrogen-bond acceptors (Lipinski definition) is 2. The molecule has 2 heteroatoms. The van der Waals surface area contributed by atoms with Crippen LogP contribution >= 0.6 is 0 Å². The zero-order valence-corrected chi connectivity index (χ0v) is 14.7. The van der Waals surface area contributed by atoms with Gasteiger partial charge >= 0.3 is 0 Å². The third kappa shape index (κ3) is 2.59. The lowest BCUT2D eigenvalue weighted by atomic mass is 9.47. The Hall–Kier alpha value is -0.600. The quantitative estimate of drug-likeness (QED) is 0.756. The number of ether oxygens (including phenoxy) is 1. The highest BCUT2D eigenvalue weighted by molar-refractivity contribution is 5.23. The number of rotatable bonds is 3. The van der Waals surface area contributed by atoms with E-state index in [1.165, 1.54) is 49.7 Å². The van der Waals surface area contributed by atoms with Crippen molar-refractivity contribution in [2.24, 2.45) is 22.7 Å². The third-order valence-corrected chi connectivity index (χ3v) is 6.80. The van der Waals surface area contributed by atoms with Crippen LogP contribution in [0.15, 0.2) is 23.3 Å². The van der Waals surface area contributed by atoms with E-state index in [0.717, 1.165) is 0 Å². The predicted molar refractivity (Wildman–Crippen MR) is 90.4 cm³/mol. The number of fused-ring (bicyclic) bond motifs is 3. The fourth-order valence-electron chi connectivity index (χ4n) is 5.69. The van der Waals surface area contributed by atoms with Gasteiger partial charge in [-0.15, -0.1) is 0 Å². The molecule has 0 amide bonds. The second-order valence-corrected chi connectivity index (χ2v) is 8.58. The second-order valence-electron chi connectivity index (χ2n) is 8.58. The lowest BCUT2D eigenvalue weighted by Gasteiger charge is -2.57. The van der Waals surface area contributed by atoms with Gasteiger partial charge in [-0.3, -0.25) is 0 Å². The molecule has 2 aliphatic carbocycles. The van der Waals surface area contributed by atoms with Crippen LogP contribution in [0.2, 0.25) is 0 Å². The van der Waals surface area contributed by atoms with Gasteiger partial charge in [0.05, 0.1) is 6.61 Å². The van der Waals surface area contributed by atoms with Crippen LogP contribution < -0.4 is 0 Å². The van der Waals surface area contributed by atoms with Gasteiger partial charge in [0.15, 0.2) is 6.29 Å². The summed E-state index contributed by atoms with van der Waals surface area (Å²) in [6.07, 6.45) is 11.7. The van der Waals surface area contributed by atoms with Gasteiger partial charge in [0.2, 0.25) is 0 Å². The molecule has 0 radical (unpaired) electrons. The second kappa shape index (κ2) is 5.79. The summed E-state index contributed by atoms with van der Waals surface area (Å²) in [6.45, 7) is 9.94. The van der Waals surface area contributed by atoms with Crippen LogP contribution in [0.1, 0.15) is 66.2 Å². The highest BCUT2D eigenvalue weighted by Gasteiger charge is 2.57. The van der Waals surface area contributed by atoms with Gasteiger partial charge in [0.25, 0.3) is 0 Å². The third-order valence-electron chi connectivity index (χ3n) is 6.80. The van der Waals surface area contributed by atoms with Gasteiger partial charge < -0.3 is 9.84 Å². The number of aliphatic hydroxyl groups excluding tert-OH is 1. The van der Waals surface area contributed by atoms with Gasteiger partial charge in [-0.05, 0) is 68.3 Å². The molecule has 2 nitrogen and oxygen atoms in total. The zero-order chi connectivity index (χ0) is 16.0. The smallest absolute Gasteiger partial charge is 0.162 e. The Balaban J connectivity index is 1.86. The Kier molecular flexibility index (Phi) is 4.28. The van der Waals surface area contributed by atoms with E-state index in [4.69, 9.17) is 4.74 Å². The molecule has 0 bridgehead atoms. The SMILES string of the molecule is CC(C)=CCCC1(C)CCCC2(C)C3C(=CCC12)COC3O. The van der Waals surface area contributed by atoms with Crippen LogP contribution in [0.4, 0.5) is 0 Å². The molecular formula is C20H32O2. The molecule has 0 aromatic heterocycles. The fraction of sp³-hybridized carbons (Fsp3) is 0.800. The molecule has 1 saturated heterocycles. The van der Waals surface area contributed by atoms with Crippen LogP contribution in [0.5, 0.6) is 0 Å². The van der Waals surface area contributed by atoms with Crippen molar-refractivity contribution in [2.45, 2.75) is 72.5 Å². The van der Waals surface area contributed by atoms with E-state index in [9.17, 15) is 5.11 Å². The Bertz CT molecular complexity index is 488. The van der Waals surface area contributed by atoms with Crippen molar-refractivity contribution in [3.8, 4) is 0 Å². The molecule has 1 heterocycles. The maximum absolute atomic E-state index is 10.4. The molecule has 3 rings (SSSR count). The monoisotopic (exact) mass is 304 g/mol. The van der Waals surface area contributed by atoms with Gasteiger partial charge in [-0.25, -0.2) is 0 Å². The lowest BCUT2D eigenvalue weighted by Crippen LogP contribution is -2.51. The minimum atomic E-state index is -0.584. The molecule has 22 heavy (non-hydrogen) atoms. The number of aliphatic hydroxyl groups is 1. The maximum atomic E-state index is 10.4. The minimum absolute atomic E-state index is 0.206. The summed E-state index contributed by atoms with van der Waals surface area (Å²) in [5.74, 6) is 0.902. The molecule has 5 atom stereocenters. The zero-order valence-electron chi connectivity index (χ0n) is 14.7. The summed E-state index contributed by atoms with van der Waals surface area (Å²) in [5, 5.41) is 10.4. The van der Waals surface area contributed by atoms with Gasteiger partial charge in [0.1, 0.15) is 0 Å². The summed E-state index contributed by atoms with van der Waals surface area (Å²) in [7, 11) is 0. The molecule has 5 unspecified atom stereocenters. The topological polar surface area (TPSA) is 29.5 Å². The minimum Gasteiger partial charge on any atom is -0.367 e. The van der Waals surface area contributed by atoms with Crippen molar-refractivity contribution in [1.29, 1.82) is 0 Å². The molecule has 1 saturated carbocycles. The summed E-state index contributed by atoms with van der Waals surface area (Å²) in [4.78, 5) is 0. The van der Waals surface area contributed by atoms with Crippen LogP contribution in [0.3, 0.4) is 0 Å². The first-order valence-electron chi connectivity index (χ1n) is 8.99. The average Bonchev–Trinajstić information content (AvgIpc) is 2.81. The Labute approximate surface area is 135 Å². The Morgan fingerprint density at radius 2 is 2.14 bits per heavy atom. The van der Waals surface area contributed by atoms with Crippen molar-refractivity contribution in [3.63, 3.8) is 0 Å². The normalized spacial score (nSPS) is 44.0. The van der Waals surface area contributed by atoms with Crippen molar-refractivity contribution < 1.29 is 9.84 Å². The molecule has 1 aliphatic heterocycles. The van der Waals surface area contributed by atoms with Gasteiger partial charge in [-0.2, -0.15) is 0 Å². The summed E-state index contributed by atoms with van der Waals surface area (Å²) in [5.41, 5.74) is 3.38. The largest absolute Gasteiger partial charge is 0.367 e. The summed E-state index contributed by atoms with van der Waals surface area (Å²) in [6, 6.07) is 0. The van der Waals surface area contributed by atoms with E-state index in [1.807, 2.05) is 0 Å². The predicted octanol–water partition coefficient (Wildman–Crippen LogP) is 4.84. The van der Waals surface area contributed by atoms with E-state index in [0.29, 0.717) is 17.9 Å². The molecular weight excluding hydrogens is 272 g/mol. The van der Waals surface area contributed by atoms with Crippen LogP contribution in [-0.2, 0) is 4.74 Å². The van der Waals surface area contributed by atoms with Gasteiger partial charge in [-0.1, -0.05) is 38.0 Å². The van der Waals surface area contributed by atoms with Crippen LogP contribution in [0, 0.1) is 22.7 Å².